The molecule has 76 valence electrons. The van der Waals surface area contributed by atoms with E-state index in [-0.39, 0.29) is 18.9 Å². The molecule has 0 fully saturated rings. The van der Waals surface area contributed by atoms with E-state index >= 15 is 0 Å². The zero-order chi connectivity index (χ0) is 10.7. The minimum Gasteiger partial charge on any atom is -0.749 e. The molecule has 0 aromatic heterocycles. The molecule has 0 saturated carbocycles. The summed E-state index contributed by atoms with van der Waals surface area (Å²) in [6.07, 6.45) is 2.42. The molecule has 0 amide bonds. The molecular formula is C13H12LiPS. The van der Waals surface area contributed by atoms with Gasteiger partial charge in [0, 0.05) is 0 Å². The van der Waals surface area contributed by atoms with E-state index in [1.165, 1.54) is 10.6 Å². The molecule has 16 heavy (non-hydrogen) atoms. The molecule has 0 aliphatic rings. The smallest absolute Gasteiger partial charge is 0.749 e. The van der Waals surface area contributed by atoms with Crippen LogP contribution in [0, 0.1) is 0 Å². The molecule has 0 radical (unpaired) electrons. The Morgan fingerprint density at radius 1 is 0.750 bits per heavy atom. The number of benzene rings is 2. The fraction of sp³-hybridized carbons (Fsp3) is 0. The van der Waals surface area contributed by atoms with Crippen LogP contribution in [-0.2, 0) is 12.2 Å². The van der Waals surface area contributed by atoms with Crippen molar-refractivity contribution in [3.05, 3.63) is 60.7 Å². The Morgan fingerprint density at radius 3 is 1.38 bits per heavy atom. The van der Waals surface area contributed by atoms with Crippen molar-refractivity contribution in [1.82, 2.24) is 0 Å². The Labute approximate surface area is 114 Å². The molecular weight excluding hydrogens is 226 g/mol. The summed E-state index contributed by atoms with van der Waals surface area (Å²) in [4.78, 5) is 0. The van der Waals surface area contributed by atoms with Gasteiger partial charge in [0.05, 0.1) is 0 Å². The minimum absolute atomic E-state index is 0. The fourth-order valence-electron chi connectivity index (χ4n) is 1.49. The van der Waals surface area contributed by atoms with Gasteiger partial charge in [0.2, 0.25) is 0 Å². The molecule has 2 aromatic carbocycles. The predicted molar refractivity (Wildman–Crippen MR) is 73.6 cm³/mol. The van der Waals surface area contributed by atoms with E-state index in [0.717, 1.165) is 0 Å². The van der Waals surface area contributed by atoms with Gasteiger partial charge in [0.1, 0.15) is 0 Å². The van der Waals surface area contributed by atoms with E-state index in [2.05, 4.69) is 30.6 Å². The van der Waals surface area contributed by atoms with Crippen molar-refractivity contribution in [2.75, 3.05) is 0 Å². The van der Waals surface area contributed by atoms with Crippen LogP contribution in [0.1, 0.15) is 0 Å². The summed E-state index contributed by atoms with van der Waals surface area (Å²) in [5.74, 6) is 0. The van der Waals surface area contributed by atoms with E-state index < -0.39 is 6.09 Å². The first-order valence-electron chi connectivity index (χ1n) is 4.77. The van der Waals surface area contributed by atoms with Gasteiger partial charge in [0.15, 0.2) is 0 Å². The number of hydrogen-bond donors (Lipinski definition) is 0. The van der Waals surface area contributed by atoms with Gasteiger partial charge in [-0.3, -0.25) is 0 Å². The van der Waals surface area contributed by atoms with Crippen molar-refractivity contribution in [3.8, 4) is 0 Å². The van der Waals surface area contributed by atoms with Crippen molar-refractivity contribution in [2.45, 2.75) is 0 Å². The second kappa shape index (κ2) is 5.85. The molecule has 0 saturated heterocycles. The molecule has 0 aliphatic heterocycles. The summed E-state index contributed by atoms with van der Waals surface area (Å²) >= 11 is 5.68. The van der Waals surface area contributed by atoms with Gasteiger partial charge in [-0.2, -0.15) is 6.09 Å². The summed E-state index contributed by atoms with van der Waals surface area (Å²) in [7, 11) is 0. The van der Waals surface area contributed by atoms with Crippen LogP contribution in [0.25, 0.3) is 0 Å². The molecule has 0 nitrogen and oxygen atoms in total. The molecule has 0 spiro atoms. The molecule has 0 heterocycles. The Kier molecular flexibility index (Phi) is 5.03. The van der Waals surface area contributed by atoms with Crippen LogP contribution in [0.2, 0.25) is 0 Å². The third-order valence-corrected chi connectivity index (χ3v) is 5.88. The van der Waals surface area contributed by atoms with Crippen LogP contribution in [0.15, 0.2) is 60.7 Å². The molecule has 2 aromatic rings. The maximum atomic E-state index is 5.68. The van der Waals surface area contributed by atoms with Crippen molar-refractivity contribution in [1.29, 1.82) is 0 Å². The molecule has 0 unspecified atom stereocenters. The average molecular weight is 238 g/mol. The first kappa shape index (κ1) is 13.8. The Bertz CT molecular complexity index is 438. The molecule has 0 atom stereocenters. The monoisotopic (exact) mass is 238 g/mol. The van der Waals surface area contributed by atoms with Gasteiger partial charge in [-0.15, -0.1) is 6.30 Å². The summed E-state index contributed by atoms with van der Waals surface area (Å²) in [6.45, 7) is 0. The van der Waals surface area contributed by atoms with Crippen LogP contribution in [-0.4, -0.2) is 6.30 Å². The number of hydrogen-bond acceptors (Lipinski definition) is 1. The third kappa shape index (κ3) is 2.87. The maximum absolute atomic E-state index is 5.68. The zero-order valence-electron chi connectivity index (χ0n) is 9.34. The van der Waals surface area contributed by atoms with Gasteiger partial charge < -0.3 is 12.2 Å². The van der Waals surface area contributed by atoms with E-state index in [0.29, 0.717) is 0 Å². The van der Waals surface area contributed by atoms with Crippen molar-refractivity contribution in [2.24, 2.45) is 0 Å². The maximum Gasteiger partial charge on any atom is 1.00 e. The van der Waals surface area contributed by atoms with Crippen LogP contribution in [0.5, 0.6) is 0 Å². The normalized spacial score (nSPS) is 10.6. The minimum atomic E-state index is -1.81. The SMILES string of the molecule is C=P([S-])(c1ccccc1)c1ccccc1.[Li+]. The molecule has 2 rings (SSSR count). The van der Waals surface area contributed by atoms with E-state index in [1.807, 2.05) is 36.4 Å². The van der Waals surface area contributed by atoms with Crippen LogP contribution >= 0.6 is 6.09 Å². The summed E-state index contributed by atoms with van der Waals surface area (Å²) in [5, 5.41) is 2.34. The van der Waals surface area contributed by atoms with E-state index in [4.69, 9.17) is 12.2 Å². The first-order valence-corrected chi connectivity index (χ1v) is 7.75. The second-order valence-corrected chi connectivity index (χ2v) is 7.79. The molecule has 0 N–H and O–H groups in total. The summed E-state index contributed by atoms with van der Waals surface area (Å²) < 4.78 is 0. The third-order valence-electron chi connectivity index (χ3n) is 2.35. The quantitative estimate of drug-likeness (QED) is 0.388. The second-order valence-electron chi connectivity index (χ2n) is 3.41. The predicted octanol–water partition coefficient (Wildman–Crippen LogP) is -0.447. The first-order chi connectivity index (χ1) is 7.21. The molecule has 0 aliphatic carbocycles. The Morgan fingerprint density at radius 2 is 1.06 bits per heavy atom. The van der Waals surface area contributed by atoms with Gasteiger partial charge >= 0.3 is 18.9 Å². The fourth-order valence-corrected chi connectivity index (χ4v) is 3.82. The van der Waals surface area contributed by atoms with E-state index in [9.17, 15) is 0 Å². The Balaban J connectivity index is 0.00000128. The zero-order valence-corrected chi connectivity index (χ0v) is 11.0. The van der Waals surface area contributed by atoms with Crippen molar-refractivity contribution >= 4 is 35.2 Å². The molecule has 0 bridgehead atoms. The average Bonchev–Trinajstić information content (AvgIpc) is 2.31. The summed E-state index contributed by atoms with van der Waals surface area (Å²) in [5.41, 5.74) is 0. The van der Waals surface area contributed by atoms with Crippen LogP contribution < -0.4 is 29.5 Å². The van der Waals surface area contributed by atoms with E-state index in [1.54, 1.807) is 0 Å². The Hall–Kier alpha value is -0.313. The van der Waals surface area contributed by atoms with Gasteiger partial charge in [-0.05, 0) is 10.6 Å². The largest absolute Gasteiger partial charge is 1.00 e. The number of rotatable bonds is 2. The summed E-state index contributed by atoms with van der Waals surface area (Å²) in [6, 6.07) is 20.4. The topological polar surface area (TPSA) is 0 Å². The van der Waals surface area contributed by atoms with Gasteiger partial charge in [-0.1, -0.05) is 60.7 Å². The van der Waals surface area contributed by atoms with Crippen LogP contribution in [0.4, 0.5) is 0 Å². The van der Waals surface area contributed by atoms with Crippen molar-refractivity contribution < 1.29 is 18.9 Å². The van der Waals surface area contributed by atoms with Gasteiger partial charge in [-0.25, -0.2) is 0 Å². The molecule has 3 heteroatoms. The standard InChI is InChI=1S/C13H12PS.Li/c1-14(15,12-8-4-2-5-9-12)13-10-6-3-7-11-13;/h2-11H,1H2;/q-1;+1. The van der Waals surface area contributed by atoms with Gasteiger partial charge in [0.25, 0.3) is 0 Å². The van der Waals surface area contributed by atoms with Crippen LogP contribution in [0.3, 0.4) is 0 Å². The van der Waals surface area contributed by atoms with Crippen molar-refractivity contribution in [3.63, 3.8) is 0 Å².